The van der Waals surface area contributed by atoms with Crippen LogP contribution in [0.2, 0.25) is 0 Å². The first kappa shape index (κ1) is 13.5. The van der Waals surface area contributed by atoms with Crippen molar-refractivity contribution >= 4 is 17.5 Å². The molecular formula is C14H17FN2O2. The highest BCUT2D eigenvalue weighted by molar-refractivity contribution is 5.95. The number of carbonyl (C=O) groups is 2. The summed E-state index contributed by atoms with van der Waals surface area (Å²) in [5, 5.41) is 2.63. The number of hydrogen-bond donors (Lipinski definition) is 1. The lowest BCUT2D eigenvalue weighted by Crippen LogP contribution is -2.36. The van der Waals surface area contributed by atoms with E-state index in [0.717, 1.165) is 6.42 Å². The van der Waals surface area contributed by atoms with Gasteiger partial charge in [-0.3, -0.25) is 9.59 Å². The molecular weight excluding hydrogens is 247 g/mol. The molecule has 0 spiro atoms. The second-order valence-corrected chi connectivity index (χ2v) is 5.07. The third-order valence-electron chi connectivity index (χ3n) is 3.31. The second-order valence-electron chi connectivity index (χ2n) is 5.07. The molecule has 5 heteroatoms. The van der Waals surface area contributed by atoms with E-state index in [9.17, 15) is 14.0 Å². The predicted octanol–water partition coefficient (Wildman–Crippen LogP) is 1.88. The third kappa shape index (κ3) is 3.53. The number of amides is 2. The number of likely N-dealkylation sites (N-methyl/N-ethyl adjacent to an activating group) is 1. The molecule has 0 bridgehead atoms. The van der Waals surface area contributed by atoms with Crippen LogP contribution in [0.1, 0.15) is 13.3 Å². The van der Waals surface area contributed by atoms with Crippen molar-refractivity contribution in [2.24, 2.45) is 11.8 Å². The van der Waals surface area contributed by atoms with Crippen LogP contribution >= 0.6 is 0 Å². The first-order valence-corrected chi connectivity index (χ1v) is 6.28. The summed E-state index contributed by atoms with van der Waals surface area (Å²) in [5.74, 6) is -0.121. The number of nitrogens with one attached hydrogen (secondary N) is 1. The van der Waals surface area contributed by atoms with E-state index in [1.807, 2.05) is 6.92 Å². The minimum atomic E-state index is -0.354. The monoisotopic (exact) mass is 264 g/mol. The van der Waals surface area contributed by atoms with Gasteiger partial charge in [-0.2, -0.15) is 0 Å². The van der Waals surface area contributed by atoms with Crippen LogP contribution in [-0.4, -0.2) is 30.3 Å². The van der Waals surface area contributed by atoms with Crippen LogP contribution in [0, 0.1) is 17.7 Å². The van der Waals surface area contributed by atoms with Crippen LogP contribution in [0.4, 0.5) is 10.1 Å². The molecule has 4 nitrogen and oxygen atoms in total. The molecule has 0 aromatic heterocycles. The second kappa shape index (κ2) is 5.38. The number of hydrogen-bond acceptors (Lipinski definition) is 2. The largest absolute Gasteiger partial charge is 0.336 e. The molecule has 2 amide bonds. The van der Waals surface area contributed by atoms with E-state index < -0.39 is 0 Å². The van der Waals surface area contributed by atoms with Crippen molar-refractivity contribution in [2.75, 3.05) is 18.9 Å². The minimum absolute atomic E-state index is 0.0133. The normalized spacial score (nSPS) is 20.8. The lowest BCUT2D eigenvalue weighted by molar-refractivity contribution is -0.134. The van der Waals surface area contributed by atoms with E-state index in [1.54, 1.807) is 7.05 Å². The van der Waals surface area contributed by atoms with Gasteiger partial charge in [0, 0.05) is 18.7 Å². The Morgan fingerprint density at radius 2 is 1.95 bits per heavy atom. The summed E-state index contributed by atoms with van der Waals surface area (Å²) < 4.78 is 12.7. The van der Waals surface area contributed by atoms with Gasteiger partial charge in [-0.1, -0.05) is 6.92 Å². The number of benzene rings is 1. The fraction of sp³-hybridized carbons (Fsp3) is 0.429. The Morgan fingerprint density at radius 3 is 2.47 bits per heavy atom. The molecule has 2 rings (SSSR count). The summed E-state index contributed by atoms with van der Waals surface area (Å²) in [5.41, 5.74) is 0.520. The fourth-order valence-electron chi connectivity index (χ4n) is 1.98. The summed E-state index contributed by atoms with van der Waals surface area (Å²) in [7, 11) is 1.62. The van der Waals surface area contributed by atoms with Gasteiger partial charge >= 0.3 is 0 Å². The van der Waals surface area contributed by atoms with Crippen molar-refractivity contribution in [3.8, 4) is 0 Å². The summed E-state index contributed by atoms with van der Waals surface area (Å²) in [6.45, 7) is 2.04. The molecule has 1 aromatic rings. The molecule has 1 fully saturated rings. The maximum absolute atomic E-state index is 12.7. The van der Waals surface area contributed by atoms with Crippen molar-refractivity contribution in [1.29, 1.82) is 0 Å². The molecule has 0 saturated heterocycles. The van der Waals surface area contributed by atoms with Crippen LogP contribution in [0.5, 0.6) is 0 Å². The number of carbonyl (C=O) groups excluding carboxylic acids is 2. The Labute approximate surface area is 111 Å². The number of nitrogens with zero attached hydrogens (tertiary/aromatic N) is 1. The maximum atomic E-state index is 12.7. The summed E-state index contributed by atoms with van der Waals surface area (Å²) in [6.07, 6.45) is 0.906. The van der Waals surface area contributed by atoms with Gasteiger partial charge in [-0.25, -0.2) is 4.39 Å². The molecule has 0 heterocycles. The van der Waals surface area contributed by atoms with E-state index in [2.05, 4.69) is 5.32 Å². The Balaban J connectivity index is 1.83. The zero-order valence-electron chi connectivity index (χ0n) is 11.0. The molecule has 102 valence electrons. The van der Waals surface area contributed by atoms with Crippen LogP contribution in [0.15, 0.2) is 24.3 Å². The average Bonchev–Trinajstić information content (AvgIpc) is 3.08. The standard InChI is InChI=1S/C14H17FN2O2/c1-9-7-12(9)14(19)17(2)8-13(18)16-11-5-3-10(15)4-6-11/h3-6,9,12H,7-8H2,1-2H3,(H,16,18)/t9-,12-/m1/s1. The highest BCUT2D eigenvalue weighted by Gasteiger charge is 2.40. The summed E-state index contributed by atoms with van der Waals surface area (Å²) in [4.78, 5) is 25.0. The molecule has 19 heavy (non-hydrogen) atoms. The molecule has 2 atom stereocenters. The molecule has 1 aromatic carbocycles. The maximum Gasteiger partial charge on any atom is 0.243 e. The van der Waals surface area contributed by atoms with Crippen LogP contribution in [-0.2, 0) is 9.59 Å². The Kier molecular flexibility index (Phi) is 3.83. The molecule has 0 unspecified atom stereocenters. The van der Waals surface area contributed by atoms with Crippen LogP contribution < -0.4 is 5.32 Å². The van der Waals surface area contributed by atoms with Gasteiger partial charge < -0.3 is 10.2 Å². The first-order valence-electron chi connectivity index (χ1n) is 6.28. The van der Waals surface area contributed by atoms with E-state index in [4.69, 9.17) is 0 Å². The van der Waals surface area contributed by atoms with Gasteiger partial charge in [0.25, 0.3) is 0 Å². The van der Waals surface area contributed by atoms with Gasteiger partial charge in [0.2, 0.25) is 11.8 Å². The highest BCUT2D eigenvalue weighted by Crippen LogP contribution is 2.38. The fourth-order valence-corrected chi connectivity index (χ4v) is 1.98. The Bertz CT molecular complexity index is 487. The van der Waals surface area contributed by atoms with Gasteiger partial charge in [0.1, 0.15) is 5.82 Å². The Morgan fingerprint density at radius 1 is 1.37 bits per heavy atom. The lowest BCUT2D eigenvalue weighted by Gasteiger charge is -2.16. The Hall–Kier alpha value is -1.91. The van der Waals surface area contributed by atoms with Gasteiger partial charge in [0.15, 0.2) is 0 Å². The smallest absolute Gasteiger partial charge is 0.243 e. The van der Waals surface area contributed by atoms with Crippen molar-refractivity contribution in [2.45, 2.75) is 13.3 Å². The van der Waals surface area contributed by atoms with Crippen LogP contribution in [0.25, 0.3) is 0 Å². The zero-order valence-corrected chi connectivity index (χ0v) is 11.0. The first-order chi connectivity index (χ1) is 8.97. The van der Waals surface area contributed by atoms with Crippen molar-refractivity contribution in [3.63, 3.8) is 0 Å². The molecule has 1 aliphatic carbocycles. The van der Waals surface area contributed by atoms with E-state index in [0.29, 0.717) is 11.6 Å². The molecule has 0 aliphatic heterocycles. The highest BCUT2D eigenvalue weighted by atomic mass is 19.1. The summed E-state index contributed by atoms with van der Waals surface area (Å²) >= 11 is 0. The SMILES string of the molecule is C[C@@H]1C[C@H]1C(=O)N(C)CC(=O)Nc1ccc(F)cc1. The van der Waals surface area contributed by atoms with Crippen LogP contribution in [0.3, 0.4) is 0 Å². The van der Waals surface area contributed by atoms with Crippen molar-refractivity contribution in [3.05, 3.63) is 30.1 Å². The topological polar surface area (TPSA) is 49.4 Å². The minimum Gasteiger partial charge on any atom is -0.336 e. The number of halogens is 1. The number of anilines is 1. The third-order valence-corrected chi connectivity index (χ3v) is 3.31. The lowest BCUT2D eigenvalue weighted by atomic mass is 10.3. The van der Waals surface area contributed by atoms with Crippen molar-refractivity contribution in [1.82, 2.24) is 4.90 Å². The van der Waals surface area contributed by atoms with E-state index in [-0.39, 0.29) is 30.1 Å². The quantitative estimate of drug-likeness (QED) is 0.902. The molecule has 1 N–H and O–H groups in total. The van der Waals surface area contributed by atoms with E-state index >= 15 is 0 Å². The van der Waals surface area contributed by atoms with Crippen molar-refractivity contribution < 1.29 is 14.0 Å². The average molecular weight is 264 g/mol. The molecule has 0 radical (unpaired) electrons. The number of rotatable bonds is 4. The van der Waals surface area contributed by atoms with Gasteiger partial charge in [-0.15, -0.1) is 0 Å². The molecule has 1 aliphatic rings. The van der Waals surface area contributed by atoms with E-state index in [1.165, 1.54) is 29.2 Å². The predicted molar refractivity (Wildman–Crippen MR) is 69.9 cm³/mol. The zero-order chi connectivity index (χ0) is 14.0. The van der Waals surface area contributed by atoms with Gasteiger partial charge in [0.05, 0.1) is 6.54 Å². The summed E-state index contributed by atoms with van der Waals surface area (Å²) in [6, 6.07) is 5.52. The van der Waals surface area contributed by atoms with Gasteiger partial charge in [-0.05, 0) is 36.6 Å². The molecule has 1 saturated carbocycles.